The van der Waals surface area contributed by atoms with E-state index in [1.807, 2.05) is 43.3 Å². The van der Waals surface area contributed by atoms with Gasteiger partial charge in [-0.15, -0.1) is 0 Å². The van der Waals surface area contributed by atoms with Crippen molar-refractivity contribution < 1.29 is 46.8 Å². The number of halogens is 4. The Morgan fingerprint density at radius 3 is 2.56 bits per heavy atom. The summed E-state index contributed by atoms with van der Waals surface area (Å²) in [6, 6.07) is 19.7. The molecule has 332 valence electrons. The topological polar surface area (TPSA) is 141 Å². The number of hydrogen-bond acceptors (Lipinski definition) is 13. The lowest BCUT2D eigenvalue weighted by molar-refractivity contribution is -0.145. The lowest BCUT2D eigenvalue weighted by Crippen LogP contribution is -2.45. The summed E-state index contributed by atoms with van der Waals surface area (Å²) in [4.78, 5) is 30.8. The molecule has 0 saturated carbocycles. The first-order chi connectivity index (χ1) is 30.4. The fraction of sp³-hybridized carbons (Fsp3) is 0.356. The zero-order valence-electron chi connectivity index (χ0n) is 34.9. The number of para-hydroxylation sites is 1. The molecule has 3 aromatic heterocycles. The molecule has 0 aliphatic carbocycles. The molecule has 1 aliphatic heterocycles. The van der Waals surface area contributed by atoms with Gasteiger partial charge in [-0.3, -0.25) is 9.88 Å². The molecule has 7 rings (SSSR count). The molecule has 0 radical (unpaired) electrons. The van der Waals surface area contributed by atoms with Crippen molar-refractivity contribution in [2.75, 3.05) is 60.1 Å². The summed E-state index contributed by atoms with van der Waals surface area (Å²) < 4.78 is 72.5. The van der Waals surface area contributed by atoms with Crippen molar-refractivity contribution in [1.82, 2.24) is 29.1 Å². The smallest absolute Gasteiger partial charge is 0.389 e. The van der Waals surface area contributed by atoms with Crippen molar-refractivity contribution in [3.05, 3.63) is 101 Å². The molecule has 0 unspecified atom stereocenters. The summed E-state index contributed by atoms with van der Waals surface area (Å²) in [5.41, 5.74) is 4.38. The lowest BCUT2D eigenvalue weighted by atomic mass is 9.93. The molecule has 4 heterocycles. The standard InChI is InChI=1S/C45H46ClF3N6O7S/c1-28-33(12-13-35(40(28)46)59-23-21-55-19-17-54(2)18-20-55)38-39-37(26-51-41(38)30-9-6-10-32(24-30)58-3)63-53-42(39)62-36(43(56)57)25-29-8-4-5-11-34(29)61-27-31-14-16-50-44(52-31)60-22-7-15-45(47,48)49/h4-6,8-14,16,24,26,36H,7,15,17-23,25,27H2,1-3H3,(H,56,57)/t36-/m1/s1. The van der Waals surface area contributed by atoms with Crippen LogP contribution < -0.4 is 23.7 Å². The number of alkyl halides is 3. The molecule has 1 fully saturated rings. The summed E-state index contributed by atoms with van der Waals surface area (Å²) >= 11 is 8.21. The van der Waals surface area contributed by atoms with Gasteiger partial charge in [0.2, 0.25) is 12.0 Å². The van der Waals surface area contributed by atoms with Crippen molar-refractivity contribution in [3.63, 3.8) is 0 Å². The molecule has 0 amide bonds. The number of hydrogen-bond donors (Lipinski definition) is 1. The molecule has 0 bridgehead atoms. The Hall–Kier alpha value is -5.75. The first kappa shape index (κ1) is 45.3. The number of carboxylic acids is 1. The number of pyridine rings is 1. The minimum Gasteiger partial charge on any atom is -0.497 e. The van der Waals surface area contributed by atoms with Crippen LogP contribution in [0.4, 0.5) is 13.2 Å². The molecule has 0 spiro atoms. The van der Waals surface area contributed by atoms with Gasteiger partial charge < -0.3 is 33.7 Å². The highest BCUT2D eigenvalue weighted by molar-refractivity contribution is 7.13. The van der Waals surface area contributed by atoms with E-state index < -0.39 is 24.7 Å². The predicted molar refractivity (Wildman–Crippen MR) is 233 cm³/mol. The van der Waals surface area contributed by atoms with E-state index in [4.69, 9.17) is 40.3 Å². The highest BCUT2D eigenvalue weighted by Crippen LogP contribution is 2.46. The average molecular weight is 907 g/mol. The van der Waals surface area contributed by atoms with Gasteiger partial charge in [0.15, 0.2) is 0 Å². The van der Waals surface area contributed by atoms with Gasteiger partial charge in [0.1, 0.15) is 30.5 Å². The number of ether oxygens (including phenoxy) is 5. The van der Waals surface area contributed by atoms with E-state index in [1.165, 1.54) is 6.20 Å². The number of piperazine rings is 1. The van der Waals surface area contributed by atoms with E-state index in [9.17, 15) is 23.1 Å². The third-order valence-corrected chi connectivity index (χ3v) is 11.8. The first-order valence-corrected chi connectivity index (χ1v) is 21.4. The van der Waals surface area contributed by atoms with Crippen molar-refractivity contribution in [3.8, 4) is 51.5 Å². The maximum absolute atomic E-state index is 13.0. The Balaban J connectivity index is 1.15. The molecule has 3 aromatic carbocycles. The zero-order valence-corrected chi connectivity index (χ0v) is 36.4. The Morgan fingerprint density at radius 2 is 1.78 bits per heavy atom. The van der Waals surface area contributed by atoms with Crippen LogP contribution in [0, 0.1) is 6.92 Å². The number of carbonyl (C=O) groups is 1. The Labute approximate surface area is 371 Å². The number of likely N-dealkylation sites (N-methyl/N-ethyl adjacent to an activating group) is 1. The highest BCUT2D eigenvalue weighted by atomic mass is 35.5. The van der Waals surface area contributed by atoms with Crippen LogP contribution in [0.2, 0.25) is 5.02 Å². The van der Waals surface area contributed by atoms with Crippen LogP contribution in [0.1, 0.15) is 29.7 Å². The Kier molecular flexibility index (Phi) is 14.8. The summed E-state index contributed by atoms with van der Waals surface area (Å²) in [5.74, 6) is 0.432. The van der Waals surface area contributed by atoms with Crippen molar-refractivity contribution in [2.45, 2.75) is 45.1 Å². The molecule has 1 atom stereocenters. The van der Waals surface area contributed by atoms with Gasteiger partial charge >= 0.3 is 18.2 Å². The number of carboxylic acid groups (broad SMARTS) is 1. The maximum atomic E-state index is 13.0. The van der Waals surface area contributed by atoms with E-state index in [0.29, 0.717) is 61.5 Å². The normalized spacial score (nSPS) is 14.1. The van der Waals surface area contributed by atoms with Gasteiger partial charge in [0.05, 0.1) is 40.2 Å². The monoisotopic (exact) mass is 906 g/mol. The molecule has 63 heavy (non-hydrogen) atoms. The Bertz CT molecular complexity index is 2520. The van der Waals surface area contributed by atoms with Crippen LogP contribution in [-0.2, 0) is 17.8 Å². The number of rotatable bonds is 19. The second-order valence-electron chi connectivity index (χ2n) is 14.9. The zero-order chi connectivity index (χ0) is 44.5. The molecule has 1 saturated heterocycles. The van der Waals surface area contributed by atoms with Gasteiger partial charge in [0, 0.05) is 69.1 Å². The fourth-order valence-electron chi connectivity index (χ4n) is 7.08. The minimum absolute atomic E-state index is 0.0564. The highest BCUT2D eigenvalue weighted by Gasteiger charge is 2.29. The third kappa shape index (κ3) is 11.6. The second kappa shape index (κ2) is 20.6. The van der Waals surface area contributed by atoms with Crippen LogP contribution in [0.3, 0.4) is 0 Å². The van der Waals surface area contributed by atoms with Gasteiger partial charge in [-0.1, -0.05) is 48.0 Å². The molecular formula is C45H46ClF3N6O7S. The van der Waals surface area contributed by atoms with Crippen LogP contribution in [0.15, 0.2) is 79.1 Å². The maximum Gasteiger partial charge on any atom is 0.389 e. The lowest BCUT2D eigenvalue weighted by Gasteiger charge is -2.32. The van der Waals surface area contributed by atoms with E-state index in [-0.39, 0.29) is 37.9 Å². The van der Waals surface area contributed by atoms with Crippen molar-refractivity contribution >= 4 is 39.2 Å². The quantitative estimate of drug-likeness (QED) is 0.0775. The number of methoxy groups -OCH3 is 1. The van der Waals surface area contributed by atoms with E-state index in [2.05, 4.69) is 31.2 Å². The van der Waals surface area contributed by atoms with Gasteiger partial charge in [-0.2, -0.15) is 22.5 Å². The molecular weight excluding hydrogens is 861 g/mol. The fourth-order valence-corrected chi connectivity index (χ4v) is 8.00. The number of aromatic nitrogens is 4. The van der Waals surface area contributed by atoms with Gasteiger partial charge in [-0.25, -0.2) is 9.78 Å². The Morgan fingerprint density at radius 1 is 0.968 bits per heavy atom. The van der Waals surface area contributed by atoms with Gasteiger partial charge in [0.25, 0.3) is 0 Å². The summed E-state index contributed by atoms with van der Waals surface area (Å²) in [7, 11) is 3.71. The average Bonchev–Trinajstić information content (AvgIpc) is 3.69. The number of fused-ring (bicyclic) bond motifs is 1. The van der Waals surface area contributed by atoms with E-state index >= 15 is 0 Å². The third-order valence-electron chi connectivity index (χ3n) is 10.5. The molecule has 13 nitrogen and oxygen atoms in total. The van der Waals surface area contributed by atoms with Gasteiger partial charge in [-0.05, 0) is 78.9 Å². The molecule has 18 heteroatoms. The van der Waals surface area contributed by atoms with Crippen LogP contribution in [0.25, 0.3) is 32.5 Å². The summed E-state index contributed by atoms with van der Waals surface area (Å²) in [5, 5.41) is 11.6. The molecule has 1 aliphatic rings. The molecule has 1 N–H and O–H groups in total. The number of nitrogens with zero attached hydrogens (tertiary/aromatic N) is 6. The van der Waals surface area contributed by atoms with E-state index in [1.54, 1.807) is 43.6 Å². The molecule has 6 aromatic rings. The summed E-state index contributed by atoms with van der Waals surface area (Å²) in [6.45, 7) is 6.86. The number of aliphatic carboxylic acids is 1. The summed E-state index contributed by atoms with van der Waals surface area (Å²) in [6.07, 6.45) is -3.90. The van der Waals surface area contributed by atoms with Crippen molar-refractivity contribution in [1.29, 1.82) is 0 Å². The number of benzene rings is 3. The van der Waals surface area contributed by atoms with Crippen LogP contribution in [-0.4, -0.2) is 113 Å². The minimum atomic E-state index is -4.28. The first-order valence-electron chi connectivity index (χ1n) is 20.2. The predicted octanol–water partition coefficient (Wildman–Crippen LogP) is 8.79. The van der Waals surface area contributed by atoms with Crippen molar-refractivity contribution in [2.24, 2.45) is 0 Å². The van der Waals surface area contributed by atoms with Crippen LogP contribution >= 0.6 is 23.1 Å². The van der Waals surface area contributed by atoms with Crippen LogP contribution in [0.5, 0.6) is 29.1 Å². The van der Waals surface area contributed by atoms with E-state index in [0.717, 1.165) is 60.9 Å². The second-order valence-corrected chi connectivity index (χ2v) is 16.1. The largest absolute Gasteiger partial charge is 0.497 e. The SMILES string of the molecule is COc1cccc(-c2ncc3snc(O[C@H](Cc4ccccc4OCc4ccnc(OCCCC(F)(F)F)n4)C(=O)O)c3c2-c2ccc(OCCN3CCN(C)CC3)c(Cl)c2C)c1.